The van der Waals surface area contributed by atoms with Crippen molar-refractivity contribution in [2.75, 3.05) is 13.7 Å². The lowest BCUT2D eigenvalue weighted by atomic mass is 9.91. The van der Waals surface area contributed by atoms with E-state index in [4.69, 9.17) is 14.2 Å². The van der Waals surface area contributed by atoms with E-state index in [1.165, 1.54) is 12.0 Å². The number of nitrogens with one attached hydrogen (secondary N) is 1. The molecule has 192 valence electrons. The predicted molar refractivity (Wildman–Crippen MR) is 134 cm³/mol. The van der Waals surface area contributed by atoms with Crippen LogP contribution >= 0.6 is 0 Å². The number of methoxy groups -OCH3 is 1. The van der Waals surface area contributed by atoms with Crippen LogP contribution in [0.2, 0.25) is 0 Å². The van der Waals surface area contributed by atoms with Crippen LogP contribution in [0.1, 0.15) is 38.8 Å². The zero-order valence-corrected chi connectivity index (χ0v) is 21.3. The van der Waals surface area contributed by atoms with Gasteiger partial charge in [0.05, 0.1) is 19.7 Å². The van der Waals surface area contributed by atoms with Gasteiger partial charge in [0.25, 0.3) is 0 Å². The first-order chi connectivity index (χ1) is 17.0. The lowest BCUT2D eigenvalue weighted by Gasteiger charge is -2.28. The van der Waals surface area contributed by atoms with Crippen molar-refractivity contribution in [3.63, 3.8) is 0 Å². The Morgan fingerprint density at radius 2 is 1.61 bits per heavy atom. The number of esters is 1. The zero-order chi connectivity index (χ0) is 26.3. The molecule has 2 aromatic rings. The average Bonchev–Trinajstić information content (AvgIpc) is 3.23. The average molecular weight is 496 g/mol. The summed E-state index contributed by atoms with van der Waals surface area (Å²) in [5.74, 6) is -0.406. The highest BCUT2D eigenvalue weighted by Gasteiger charge is 2.50. The second-order valence-electron chi connectivity index (χ2n) is 9.65. The van der Waals surface area contributed by atoms with Gasteiger partial charge in [-0.05, 0) is 38.8 Å². The maximum absolute atomic E-state index is 13.2. The molecule has 9 nitrogen and oxygen atoms in total. The van der Waals surface area contributed by atoms with E-state index in [0.29, 0.717) is 0 Å². The van der Waals surface area contributed by atoms with E-state index in [2.05, 4.69) is 10.3 Å². The molecule has 1 heterocycles. The van der Waals surface area contributed by atoms with Crippen LogP contribution in [0.4, 0.5) is 9.59 Å². The molecule has 2 unspecified atom stereocenters. The standard InChI is InChI=1S/C27H33N3O6/c1-19(28-24(32)35-17-21-14-10-7-11-15-21)22-29-27(23(31)34-5,16-20-12-8-6-9-13-20)18-30(22)25(33)36-26(2,3)4/h6-15,19H,16-18H2,1-5H3,(H,28,32). The molecule has 0 radical (unpaired) electrons. The van der Waals surface area contributed by atoms with Crippen LogP contribution in [0, 0.1) is 0 Å². The predicted octanol–water partition coefficient (Wildman–Crippen LogP) is 4.11. The molecule has 9 heteroatoms. The maximum atomic E-state index is 13.2. The zero-order valence-electron chi connectivity index (χ0n) is 21.3. The second kappa shape index (κ2) is 11.2. The fraction of sp³-hybridized carbons (Fsp3) is 0.407. The SMILES string of the molecule is COC(=O)C1(Cc2ccccc2)CN(C(=O)OC(C)(C)C)C(C(C)NC(=O)OCc2ccccc2)=N1. The largest absolute Gasteiger partial charge is 0.467 e. The number of amides is 2. The van der Waals surface area contributed by atoms with Gasteiger partial charge < -0.3 is 19.5 Å². The van der Waals surface area contributed by atoms with Crippen molar-refractivity contribution in [3.8, 4) is 0 Å². The molecule has 0 saturated carbocycles. The molecule has 1 aliphatic rings. The van der Waals surface area contributed by atoms with Gasteiger partial charge in [-0.3, -0.25) is 4.90 Å². The molecule has 2 amide bonds. The van der Waals surface area contributed by atoms with Crippen LogP contribution in [0.25, 0.3) is 0 Å². The minimum atomic E-state index is -1.40. The van der Waals surface area contributed by atoms with E-state index in [0.717, 1.165) is 11.1 Å². The summed E-state index contributed by atoms with van der Waals surface area (Å²) in [6.07, 6.45) is -1.16. The molecule has 2 aromatic carbocycles. The normalized spacial score (nSPS) is 18.1. The summed E-state index contributed by atoms with van der Waals surface area (Å²) >= 11 is 0. The molecular formula is C27H33N3O6. The fourth-order valence-electron chi connectivity index (χ4n) is 3.87. The summed E-state index contributed by atoms with van der Waals surface area (Å²) in [6, 6.07) is 17.8. The molecule has 1 aliphatic heterocycles. The van der Waals surface area contributed by atoms with Gasteiger partial charge in [-0.15, -0.1) is 0 Å². The lowest BCUT2D eigenvalue weighted by Crippen LogP contribution is -2.51. The molecule has 1 N–H and O–H groups in total. The van der Waals surface area contributed by atoms with Crippen LogP contribution < -0.4 is 5.32 Å². The van der Waals surface area contributed by atoms with Crippen molar-refractivity contribution in [2.45, 2.75) is 57.9 Å². The third-order valence-electron chi connectivity index (χ3n) is 5.48. The van der Waals surface area contributed by atoms with Gasteiger partial charge in [0.15, 0.2) is 5.54 Å². The van der Waals surface area contributed by atoms with Gasteiger partial charge in [-0.1, -0.05) is 60.7 Å². The number of alkyl carbamates (subject to hydrolysis) is 1. The number of carbonyl (C=O) groups is 3. The first kappa shape index (κ1) is 26.7. The molecule has 0 bridgehead atoms. The highest BCUT2D eigenvalue weighted by Crippen LogP contribution is 2.30. The van der Waals surface area contributed by atoms with Crippen LogP contribution in [-0.2, 0) is 32.0 Å². The van der Waals surface area contributed by atoms with Gasteiger partial charge in [0.2, 0.25) is 0 Å². The summed E-state index contributed by atoms with van der Waals surface area (Å²) in [7, 11) is 1.28. The number of benzene rings is 2. The van der Waals surface area contributed by atoms with E-state index in [1.807, 2.05) is 60.7 Å². The molecule has 0 fully saturated rings. The maximum Gasteiger partial charge on any atom is 0.415 e. The number of ether oxygens (including phenoxy) is 3. The van der Waals surface area contributed by atoms with Gasteiger partial charge in [-0.25, -0.2) is 19.4 Å². The summed E-state index contributed by atoms with van der Waals surface area (Å²) in [4.78, 5) is 44.7. The van der Waals surface area contributed by atoms with Gasteiger partial charge in [-0.2, -0.15) is 0 Å². The van der Waals surface area contributed by atoms with E-state index < -0.39 is 35.3 Å². The van der Waals surface area contributed by atoms with Crippen LogP contribution in [0.15, 0.2) is 65.7 Å². The minimum Gasteiger partial charge on any atom is -0.467 e. The third-order valence-corrected chi connectivity index (χ3v) is 5.48. The summed E-state index contributed by atoms with van der Waals surface area (Å²) in [5, 5.41) is 2.70. The van der Waals surface area contributed by atoms with Gasteiger partial charge in [0.1, 0.15) is 18.0 Å². The fourth-order valence-corrected chi connectivity index (χ4v) is 3.87. The molecule has 0 aromatic heterocycles. The van der Waals surface area contributed by atoms with E-state index in [1.54, 1.807) is 27.7 Å². The Hall–Kier alpha value is -3.88. The van der Waals surface area contributed by atoms with Crippen LogP contribution in [0.5, 0.6) is 0 Å². The summed E-state index contributed by atoms with van der Waals surface area (Å²) in [6.45, 7) is 6.90. The number of carbonyl (C=O) groups excluding carboxylic acids is 3. The monoisotopic (exact) mass is 495 g/mol. The Morgan fingerprint density at radius 1 is 1.03 bits per heavy atom. The minimum absolute atomic E-state index is 0.0851. The number of hydrogen-bond donors (Lipinski definition) is 1. The Morgan fingerprint density at radius 3 is 2.17 bits per heavy atom. The molecule has 36 heavy (non-hydrogen) atoms. The smallest absolute Gasteiger partial charge is 0.415 e. The number of rotatable bonds is 7. The van der Waals surface area contributed by atoms with Crippen LogP contribution in [-0.4, -0.2) is 59.7 Å². The Kier molecular flexibility index (Phi) is 8.34. The Balaban J connectivity index is 1.87. The van der Waals surface area contributed by atoms with Gasteiger partial charge >= 0.3 is 18.2 Å². The highest BCUT2D eigenvalue weighted by molar-refractivity contribution is 6.04. The highest BCUT2D eigenvalue weighted by atomic mass is 16.6. The van der Waals surface area contributed by atoms with E-state index in [-0.39, 0.29) is 25.4 Å². The number of aliphatic imine (C=N–C) groups is 1. The second-order valence-corrected chi connectivity index (χ2v) is 9.65. The molecular weight excluding hydrogens is 462 g/mol. The van der Waals surface area contributed by atoms with Crippen molar-refractivity contribution in [2.24, 2.45) is 4.99 Å². The third kappa shape index (κ3) is 6.84. The van der Waals surface area contributed by atoms with Crippen molar-refractivity contribution < 1.29 is 28.6 Å². The Bertz CT molecular complexity index is 1100. The van der Waals surface area contributed by atoms with E-state index >= 15 is 0 Å². The summed E-state index contributed by atoms with van der Waals surface area (Å²) < 4.78 is 16.0. The topological polar surface area (TPSA) is 107 Å². The first-order valence-corrected chi connectivity index (χ1v) is 11.7. The van der Waals surface area contributed by atoms with Crippen molar-refractivity contribution in [1.82, 2.24) is 10.2 Å². The Labute approximate surface area is 211 Å². The molecule has 0 saturated heterocycles. The number of nitrogens with zero attached hydrogens (tertiary/aromatic N) is 2. The first-order valence-electron chi connectivity index (χ1n) is 11.7. The molecule has 2 atom stereocenters. The molecule has 3 rings (SSSR count). The number of hydrogen-bond acceptors (Lipinski definition) is 7. The lowest BCUT2D eigenvalue weighted by molar-refractivity contribution is -0.146. The van der Waals surface area contributed by atoms with Crippen LogP contribution in [0.3, 0.4) is 0 Å². The van der Waals surface area contributed by atoms with Crippen molar-refractivity contribution in [1.29, 1.82) is 0 Å². The van der Waals surface area contributed by atoms with E-state index in [9.17, 15) is 14.4 Å². The quantitative estimate of drug-likeness (QED) is 0.458. The van der Waals surface area contributed by atoms with Crippen molar-refractivity contribution >= 4 is 24.0 Å². The summed E-state index contributed by atoms with van der Waals surface area (Å²) in [5.41, 5.74) is -0.489. The number of amidine groups is 1. The van der Waals surface area contributed by atoms with Gasteiger partial charge in [0, 0.05) is 6.42 Å². The van der Waals surface area contributed by atoms with Crippen molar-refractivity contribution in [3.05, 3.63) is 71.8 Å². The molecule has 0 aliphatic carbocycles. The molecule has 0 spiro atoms.